The SMILES string of the molecule is COc1ccccc1SCC(=O)/C=C/N1CCOCC1. The zero-order valence-electron chi connectivity index (χ0n) is 11.6. The lowest BCUT2D eigenvalue weighted by Crippen LogP contribution is -2.32. The Balaban J connectivity index is 1.81. The molecule has 1 aliphatic heterocycles. The molecule has 5 heteroatoms. The summed E-state index contributed by atoms with van der Waals surface area (Å²) in [6.07, 6.45) is 3.52. The normalized spacial score (nSPS) is 15.6. The summed E-state index contributed by atoms with van der Waals surface area (Å²) in [5.74, 6) is 1.33. The Bertz CT molecular complexity index is 470. The van der Waals surface area contributed by atoms with Crippen molar-refractivity contribution < 1.29 is 14.3 Å². The number of benzene rings is 1. The number of ether oxygens (including phenoxy) is 2. The molecule has 1 heterocycles. The number of hydrogen-bond donors (Lipinski definition) is 0. The highest BCUT2D eigenvalue weighted by atomic mass is 32.2. The van der Waals surface area contributed by atoms with Crippen LogP contribution in [0.1, 0.15) is 0 Å². The van der Waals surface area contributed by atoms with Crippen molar-refractivity contribution in [3.63, 3.8) is 0 Å². The van der Waals surface area contributed by atoms with E-state index in [1.807, 2.05) is 30.5 Å². The van der Waals surface area contributed by atoms with Gasteiger partial charge in [0.05, 0.1) is 26.1 Å². The van der Waals surface area contributed by atoms with Crippen LogP contribution in [0.25, 0.3) is 0 Å². The Kier molecular flexibility index (Phi) is 5.95. The lowest BCUT2D eigenvalue weighted by atomic mass is 10.3. The zero-order valence-corrected chi connectivity index (χ0v) is 12.4. The maximum atomic E-state index is 11.9. The molecule has 0 aliphatic carbocycles. The van der Waals surface area contributed by atoms with E-state index >= 15 is 0 Å². The van der Waals surface area contributed by atoms with Gasteiger partial charge in [0.1, 0.15) is 5.75 Å². The van der Waals surface area contributed by atoms with Crippen LogP contribution in [-0.4, -0.2) is 49.8 Å². The number of nitrogens with zero attached hydrogens (tertiary/aromatic N) is 1. The van der Waals surface area contributed by atoms with E-state index in [1.54, 1.807) is 13.2 Å². The molecule has 0 unspecified atom stereocenters. The molecule has 4 nitrogen and oxygen atoms in total. The fourth-order valence-corrected chi connectivity index (χ4v) is 2.71. The first-order valence-electron chi connectivity index (χ1n) is 6.58. The van der Waals surface area contributed by atoms with E-state index in [0.29, 0.717) is 5.75 Å². The van der Waals surface area contributed by atoms with Gasteiger partial charge in [-0.15, -0.1) is 11.8 Å². The third-order valence-corrected chi connectivity index (χ3v) is 4.03. The van der Waals surface area contributed by atoms with E-state index in [1.165, 1.54) is 11.8 Å². The van der Waals surface area contributed by atoms with Gasteiger partial charge in [-0.05, 0) is 18.2 Å². The van der Waals surface area contributed by atoms with Crippen LogP contribution in [0.3, 0.4) is 0 Å². The minimum Gasteiger partial charge on any atom is -0.496 e. The van der Waals surface area contributed by atoms with Crippen molar-refractivity contribution in [2.45, 2.75) is 4.90 Å². The summed E-state index contributed by atoms with van der Waals surface area (Å²) in [7, 11) is 1.64. The van der Waals surface area contributed by atoms with Crippen molar-refractivity contribution in [1.82, 2.24) is 4.90 Å². The molecule has 0 saturated carbocycles. The Labute approximate surface area is 123 Å². The average molecular weight is 293 g/mol. The van der Waals surface area contributed by atoms with Crippen LogP contribution >= 0.6 is 11.8 Å². The van der Waals surface area contributed by atoms with Crippen molar-refractivity contribution in [3.05, 3.63) is 36.5 Å². The van der Waals surface area contributed by atoms with Crippen LogP contribution < -0.4 is 4.74 Å². The molecule has 0 spiro atoms. The molecule has 0 N–H and O–H groups in total. The molecule has 0 amide bonds. The molecule has 0 radical (unpaired) electrons. The Morgan fingerprint density at radius 1 is 1.40 bits per heavy atom. The summed E-state index contributed by atoms with van der Waals surface area (Å²) < 4.78 is 10.5. The lowest BCUT2D eigenvalue weighted by molar-refractivity contribution is -0.112. The van der Waals surface area contributed by atoms with E-state index in [9.17, 15) is 4.79 Å². The standard InChI is InChI=1S/C15H19NO3S/c1-18-14-4-2-3-5-15(14)20-12-13(17)6-7-16-8-10-19-11-9-16/h2-7H,8-12H2,1H3/b7-6+. The summed E-state index contributed by atoms with van der Waals surface area (Å²) in [5.41, 5.74) is 0. The number of para-hydroxylation sites is 1. The van der Waals surface area contributed by atoms with Gasteiger partial charge in [0, 0.05) is 24.2 Å². The maximum absolute atomic E-state index is 11.9. The van der Waals surface area contributed by atoms with Gasteiger partial charge in [0.25, 0.3) is 0 Å². The second-order valence-electron chi connectivity index (χ2n) is 4.37. The topological polar surface area (TPSA) is 38.8 Å². The van der Waals surface area contributed by atoms with Crippen molar-refractivity contribution in [1.29, 1.82) is 0 Å². The van der Waals surface area contributed by atoms with Gasteiger partial charge >= 0.3 is 0 Å². The quantitative estimate of drug-likeness (QED) is 0.594. The molecule has 1 aromatic rings. The van der Waals surface area contributed by atoms with Crippen LogP contribution in [0.15, 0.2) is 41.4 Å². The number of carbonyl (C=O) groups excluding carboxylic acids is 1. The third kappa shape index (κ3) is 4.58. The Morgan fingerprint density at radius 2 is 2.15 bits per heavy atom. The number of rotatable bonds is 6. The maximum Gasteiger partial charge on any atom is 0.167 e. The average Bonchev–Trinajstić information content (AvgIpc) is 2.52. The Morgan fingerprint density at radius 3 is 2.90 bits per heavy atom. The third-order valence-electron chi connectivity index (χ3n) is 2.96. The monoisotopic (exact) mass is 293 g/mol. The molecule has 1 aromatic carbocycles. The van der Waals surface area contributed by atoms with Crippen LogP contribution in [0.5, 0.6) is 5.75 Å². The highest BCUT2D eigenvalue weighted by Gasteiger charge is 2.07. The smallest absolute Gasteiger partial charge is 0.167 e. The van der Waals surface area contributed by atoms with Gasteiger partial charge in [-0.25, -0.2) is 0 Å². The zero-order chi connectivity index (χ0) is 14.2. The number of allylic oxidation sites excluding steroid dienone is 1. The molecule has 0 aromatic heterocycles. The van der Waals surface area contributed by atoms with Crippen LogP contribution in [0.4, 0.5) is 0 Å². The summed E-state index contributed by atoms with van der Waals surface area (Å²) >= 11 is 1.50. The van der Waals surface area contributed by atoms with E-state index in [-0.39, 0.29) is 5.78 Å². The van der Waals surface area contributed by atoms with E-state index in [2.05, 4.69) is 4.90 Å². The predicted octanol–water partition coefficient (Wildman–Crippen LogP) is 2.20. The molecule has 108 valence electrons. The van der Waals surface area contributed by atoms with E-state index in [4.69, 9.17) is 9.47 Å². The second-order valence-corrected chi connectivity index (χ2v) is 5.39. The molecule has 1 fully saturated rings. The molecule has 1 aliphatic rings. The van der Waals surface area contributed by atoms with Gasteiger partial charge in [-0.1, -0.05) is 12.1 Å². The first-order valence-corrected chi connectivity index (χ1v) is 7.57. The predicted molar refractivity (Wildman–Crippen MR) is 80.3 cm³/mol. The second kappa shape index (κ2) is 7.97. The minimum absolute atomic E-state index is 0.104. The van der Waals surface area contributed by atoms with Crippen molar-refractivity contribution in [2.75, 3.05) is 39.2 Å². The molecule has 0 bridgehead atoms. The minimum atomic E-state index is 0.104. The van der Waals surface area contributed by atoms with Crippen molar-refractivity contribution in [3.8, 4) is 5.75 Å². The number of ketones is 1. The first-order chi connectivity index (χ1) is 9.79. The number of hydrogen-bond acceptors (Lipinski definition) is 5. The molecule has 1 saturated heterocycles. The first kappa shape index (κ1) is 14.9. The lowest BCUT2D eigenvalue weighted by Gasteiger charge is -2.24. The molecule has 20 heavy (non-hydrogen) atoms. The van der Waals surface area contributed by atoms with Crippen LogP contribution in [0, 0.1) is 0 Å². The summed E-state index contributed by atoms with van der Waals surface area (Å²) in [5, 5.41) is 0. The number of morpholine rings is 1. The fourth-order valence-electron chi connectivity index (χ4n) is 1.85. The number of carbonyl (C=O) groups is 1. The molecular formula is C15H19NO3S. The Hall–Kier alpha value is -1.46. The molecule has 2 rings (SSSR count). The highest BCUT2D eigenvalue weighted by Crippen LogP contribution is 2.28. The summed E-state index contributed by atoms with van der Waals surface area (Å²) in [6, 6.07) is 7.72. The van der Waals surface area contributed by atoms with Gasteiger partial charge in [0.15, 0.2) is 5.78 Å². The summed E-state index contributed by atoms with van der Waals surface area (Å²) in [4.78, 5) is 14.9. The van der Waals surface area contributed by atoms with Gasteiger partial charge in [-0.2, -0.15) is 0 Å². The fraction of sp³-hybridized carbons (Fsp3) is 0.400. The largest absolute Gasteiger partial charge is 0.496 e. The van der Waals surface area contributed by atoms with E-state index < -0.39 is 0 Å². The van der Waals surface area contributed by atoms with Crippen molar-refractivity contribution in [2.24, 2.45) is 0 Å². The number of thioether (sulfide) groups is 1. The van der Waals surface area contributed by atoms with Gasteiger partial charge in [-0.3, -0.25) is 4.79 Å². The van der Waals surface area contributed by atoms with Crippen LogP contribution in [0.2, 0.25) is 0 Å². The van der Waals surface area contributed by atoms with E-state index in [0.717, 1.165) is 36.9 Å². The van der Waals surface area contributed by atoms with Gasteiger partial charge < -0.3 is 14.4 Å². The highest BCUT2D eigenvalue weighted by molar-refractivity contribution is 8.00. The van der Waals surface area contributed by atoms with Gasteiger partial charge in [0.2, 0.25) is 0 Å². The number of methoxy groups -OCH3 is 1. The molecule has 0 atom stereocenters. The molecular weight excluding hydrogens is 274 g/mol. The summed E-state index contributed by atoms with van der Waals surface area (Å²) in [6.45, 7) is 3.16. The van der Waals surface area contributed by atoms with Crippen molar-refractivity contribution >= 4 is 17.5 Å². The van der Waals surface area contributed by atoms with Crippen LogP contribution in [-0.2, 0) is 9.53 Å².